The van der Waals surface area contributed by atoms with Gasteiger partial charge < -0.3 is 5.73 Å². The van der Waals surface area contributed by atoms with Crippen LogP contribution in [0.15, 0.2) is 18.3 Å². The molecule has 2 nitrogen and oxygen atoms in total. The van der Waals surface area contributed by atoms with Crippen LogP contribution in [0.25, 0.3) is 0 Å². The lowest BCUT2D eigenvalue weighted by Crippen LogP contribution is -2.04. The molecule has 1 heterocycles. The fraction of sp³-hybridized carbons (Fsp3) is 0.706. The molecule has 0 saturated carbocycles. The van der Waals surface area contributed by atoms with Gasteiger partial charge in [-0.15, -0.1) is 0 Å². The van der Waals surface area contributed by atoms with Crippen molar-refractivity contribution in [1.82, 2.24) is 4.98 Å². The Balaban J connectivity index is 2.39. The minimum Gasteiger partial charge on any atom is -0.383 e. The molecule has 19 heavy (non-hydrogen) atoms. The van der Waals surface area contributed by atoms with Crippen molar-refractivity contribution in [3.05, 3.63) is 23.9 Å². The third-order valence-electron chi connectivity index (χ3n) is 3.85. The summed E-state index contributed by atoms with van der Waals surface area (Å²) in [7, 11) is 0. The highest BCUT2D eigenvalue weighted by molar-refractivity contribution is 5.41. The largest absolute Gasteiger partial charge is 0.383 e. The highest BCUT2D eigenvalue weighted by Gasteiger charge is 2.13. The minimum absolute atomic E-state index is 0.602. The van der Waals surface area contributed by atoms with Crippen molar-refractivity contribution < 1.29 is 0 Å². The van der Waals surface area contributed by atoms with Gasteiger partial charge in [0.25, 0.3) is 0 Å². The van der Waals surface area contributed by atoms with E-state index in [1.165, 1.54) is 63.4 Å². The molecule has 0 aliphatic carbocycles. The predicted molar refractivity (Wildman–Crippen MR) is 84.3 cm³/mol. The van der Waals surface area contributed by atoms with E-state index in [-0.39, 0.29) is 0 Å². The smallest absolute Gasteiger partial charge is 0.126 e. The second kappa shape index (κ2) is 9.82. The van der Waals surface area contributed by atoms with E-state index in [0.717, 1.165) is 5.82 Å². The Hall–Kier alpha value is -1.05. The Bertz CT molecular complexity index is 336. The normalized spacial score (nSPS) is 12.5. The molecular formula is C17H30N2. The van der Waals surface area contributed by atoms with Crippen molar-refractivity contribution in [1.29, 1.82) is 0 Å². The van der Waals surface area contributed by atoms with E-state index in [2.05, 4.69) is 24.9 Å². The Morgan fingerprint density at radius 1 is 1.00 bits per heavy atom. The van der Waals surface area contributed by atoms with Crippen LogP contribution in [0, 0.1) is 0 Å². The average molecular weight is 262 g/mol. The summed E-state index contributed by atoms with van der Waals surface area (Å²) in [5.74, 6) is 1.33. The van der Waals surface area contributed by atoms with Crippen molar-refractivity contribution in [2.24, 2.45) is 0 Å². The predicted octanol–water partition coefficient (Wildman–Crippen LogP) is 5.30. The number of nitrogens with zero attached hydrogens (tertiary/aromatic N) is 1. The van der Waals surface area contributed by atoms with E-state index < -0.39 is 0 Å². The molecule has 0 amide bonds. The molecule has 0 aliphatic heterocycles. The number of nitrogens with two attached hydrogens (primary N) is 1. The molecule has 108 valence electrons. The first-order chi connectivity index (χ1) is 9.29. The van der Waals surface area contributed by atoms with Gasteiger partial charge in [0.05, 0.1) is 0 Å². The van der Waals surface area contributed by atoms with E-state index >= 15 is 0 Å². The summed E-state index contributed by atoms with van der Waals surface area (Å²) in [6.45, 7) is 4.52. The van der Waals surface area contributed by atoms with Gasteiger partial charge in [-0.1, -0.05) is 64.9 Å². The molecular weight excluding hydrogens is 232 g/mol. The Kier molecular flexibility index (Phi) is 8.28. The lowest BCUT2D eigenvalue weighted by molar-refractivity contribution is 0.512. The van der Waals surface area contributed by atoms with E-state index in [1.807, 2.05) is 6.07 Å². The first kappa shape index (κ1) is 16.0. The van der Waals surface area contributed by atoms with Crippen molar-refractivity contribution in [2.45, 2.75) is 77.6 Å². The zero-order chi connectivity index (χ0) is 13.9. The van der Waals surface area contributed by atoms with Crippen LogP contribution < -0.4 is 5.73 Å². The van der Waals surface area contributed by atoms with Crippen LogP contribution in [0.3, 0.4) is 0 Å². The lowest BCUT2D eigenvalue weighted by Gasteiger charge is -2.17. The second-order valence-corrected chi connectivity index (χ2v) is 5.52. The Morgan fingerprint density at radius 2 is 1.74 bits per heavy atom. The number of hydrogen-bond acceptors (Lipinski definition) is 2. The number of hydrogen-bond donors (Lipinski definition) is 1. The summed E-state index contributed by atoms with van der Waals surface area (Å²) >= 11 is 0. The minimum atomic E-state index is 0.602. The van der Waals surface area contributed by atoms with Crippen LogP contribution >= 0.6 is 0 Å². The van der Waals surface area contributed by atoms with Gasteiger partial charge in [0.2, 0.25) is 0 Å². The number of unbranched alkanes of at least 4 members (excludes halogenated alkanes) is 5. The molecule has 2 heteroatoms. The summed E-state index contributed by atoms with van der Waals surface area (Å²) in [5.41, 5.74) is 7.27. The van der Waals surface area contributed by atoms with Gasteiger partial charge in [0.1, 0.15) is 5.82 Å². The van der Waals surface area contributed by atoms with Gasteiger partial charge >= 0.3 is 0 Å². The van der Waals surface area contributed by atoms with E-state index in [1.54, 1.807) is 6.20 Å². The van der Waals surface area contributed by atoms with Gasteiger partial charge in [-0.3, -0.25) is 0 Å². The summed E-state index contributed by atoms with van der Waals surface area (Å²) in [4.78, 5) is 4.23. The van der Waals surface area contributed by atoms with Gasteiger partial charge in [-0.05, 0) is 30.4 Å². The maximum atomic E-state index is 6.01. The summed E-state index contributed by atoms with van der Waals surface area (Å²) in [6.07, 6.45) is 13.7. The molecule has 1 aromatic heterocycles. The van der Waals surface area contributed by atoms with E-state index in [4.69, 9.17) is 5.73 Å². The molecule has 0 saturated heterocycles. The molecule has 1 rings (SSSR count). The Morgan fingerprint density at radius 3 is 2.42 bits per heavy atom. The molecule has 0 bridgehead atoms. The Labute approximate surface area is 118 Å². The zero-order valence-corrected chi connectivity index (χ0v) is 12.7. The SMILES string of the molecule is CCCCCCCCC(CCC)c1cccnc1N. The standard InChI is InChI=1S/C17H30N2/c1-3-5-6-7-8-9-12-15(11-4-2)16-13-10-14-19-17(16)18/h10,13-15H,3-9,11-12H2,1-2H3,(H2,18,19). The number of aromatic nitrogens is 1. The van der Waals surface area contributed by atoms with Crippen LogP contribution in [0.5, 0.6) is 0 Å². The fourth-order valence-electron chi connectivity index (χ4n) is 2.75. The molecule has 1 unspecified atom stereocenters. The average Bonchev–Trinajstić information content (AvgIpc) is 2.42. The molecule has 1 aromatic rings. The summed E-state index contributed by atoms with van der Waals surface area (Å²) in [6, 6.07) is 4.16. The number of anilines is 1. The molecule has 1 atom stereocenters. The molecule has 0 aliphatic rings. The van der Waals surface area contributed by atoms with E-state index in [9.17, 15) is 0 Å². The third kappa shape index (κ3) is 6.09. The van der Waals surface area contributed by atoms with Crippen molar-refractivity contribution >= 4 is 5.82 Å². The molecule has 0 fully saturated rings. The number of pyridine rings is 1. The molecule has 0 radical (unpaired) electrons. The molecule has 0 aromatic carbocycles. The van der Waals surface area contributed by atoms with Gasteiger partial charge in [0.15, 0.2) is 0 Å². The maximum Gasteiger partial charge on any atom is 0.126 e. The van der Waals surface area contributed by atoms with Gasteiger partial charge in [-0.25, -0.2) is 4.98 Å². The summed E-state index contributed by atoms with van der Waals surface area (Å²) in [5, 5.41) is 0. The monoisotopic (exact) mass is 262 g/mol. The second-order valence-electron chi connectivity index (χ2n) is 5.52. The maximum absolute atomic E-state index is 6.01. The van der Waals surface area contributed by atoms with Crippen LogP contribution in [-0.4, -0.2) is 4.98 Å². The first-order valence-corrected chi connectivity index (χ1v) is 8.00. The van der Waals surface area contributed by atoms with E-state index in [0.29, 0.717) is 5.92 Å². The lowest BCUT2D eigenvalue weighted by atomic mass is 9.89. The third-order valence-corrected chi connectivity index (χ3v) is 3.85. The molecule has 0 spiro atoms. The quantitative estimate of drug-likeness (QED) is 0.581. The van der Waals surface area contributed by atoms with Crippen LogP contribution in [-0.2, 0) is 0 Å². The first-order valence-electron chi connectivity index (χ1n) is 8.00. The zero-order valence-electron chi connectivity index (χ0n) is 12.7. The highest BCUT2D eigenvalue weighted by atomic mass is 14.8. The highest BCUT2D eigenvalue weighted by Crippen LogP contribution is 2.30. The van der Waals surface area contributed by atoms with Crippen LogP contribution in [0.2, 0.25) is 0 Å². The topological polar surface area (TPSA) is 38.9 Å². The van der Waals surface area contributed by atoms with Gasteiger partial charge in [-0.2, -0.15) is 0 Å². The summed E-state index contributed by atoms with van der Waals surface area (Å²) < 4.78 is 0. The van der Waals surface area contributed by atoms with Gasteiger partial charge in [0, 0.05) is 6.20 Å². The fourth-order valence-corrected chi connectivity index (χ4v) is 2.75. The molecule has 2 N–H and O–H groups in total. The van der Waals surface area contributed by atoms with Crippen LogP contribution in [0.1, 0.15) is 83.1 Å². The van der Waals surface area contributed by atoms with Crippen LogP contribution in [0.4, 0.5) is 5.82 Å². The number of nitrogen functional groups attached to an aromatic ring is 1. The van der Waals surface area contributed by atoms with Crippen molar-refractivity contribution in [3.8, 4) is 0 Å². The van der Waals surface area contributed by atoms with Crippen molar-refractivity contribution in [2.75, 3.05) is 5.73 Å². The van der Waals surface area contributed by atoms with Crippen molar-refractivity contribution in [3.63, 3.8) is 0 Å². The number of rotatable bonds is 10.